The third-order valence-electron chi connectivity index (χ3n) is 6.53. The minimum Gasteiger partial charge on any atom is -0.352 e. The molecule has 0 saturated carbocycles. The van der Waals surface area contributed by atoms with Crippen molar-refractivity contribution in [1.82, 2.24) is 20.2 Å². The van der Waals surface area contributed by atoms with E-state index >= 15 is 0 Å². The number of hydrogen-bond acceptors (Lipinski definition) is 5. The molecule has 3 heterocycles. The van der Waals surface area contributed by atoms with Gasteiger partial charge >= 0.3 is 0 Å². The van der Waals surface area contributed by atoms with Gasteiger partial charge in [0, 0.05) is 56.6 Å². The minimum atomic E-state index is 0.214. The molecule has 1 aromatic heterocycles. The maximum absolute atomic E-state index is 12.5. The van der Waals surface area contributed by atoms with Crippen LogP contribution in [0.4, 0.5) is 5.95 Å². The quantitative estimate of drug-likeness (QED) is 0.742. The molecule has 6 nitrogen and oxygen atoms in total. The Bertz CT molecular complexity index is 843. The number of anilines is 1. The zero-order chi connectivity index (χ0) is 21.6. The lowest BCUT2D eigenvalue weighted by molar-refractivity contribution is -0.122. The monoisotopic (exact) mass is 421 g/mol. The molecular formula is C25H35N5O. The van der Waals surface area contributed by atoms with Gasteiger partial charge in [0.05, 0.1) is 0 Å². The van der Waals surface area contributed by atoms with Gasteiger partial charge in [-0.1, -0.05) is 30.3 Å². The smallest absolute Gasteiger partial charge is 0.225 e. The molecule has 2 aliphatic rings. The molecule has 1 unspecified atom stereocenters. The fourth-order valence-electron chi connectivity index (χ4n) is 4.84. The predicted molar refractivity (Wildman–Crippen MR) is 124 cm³/mol. The highest BCUT2D eigenvalue weighted by molar-refractivity contribution is 5.76. The van der Waals surface area contributed by atoms with Gasteiger partial charge in [-0.25, -0.2) is 9.97 Å². The van der Waals surface area contributed by atoms with E-state index in [1.807, 2.05) is 19.9 Å². The molecule has 166 valence electrons. The van der Waals surface area contributed by atoms with E-state index in [9.17, 15) is 4.79 Å². The molecule has 1 atom stereocenters. The Kier molecular flexibility index (Phi) is 7.17. The van der Waals surface area contributed by atoms with Crippen molar-refractivity contribution in [2.24, 2.45) is 5.92 Å². The molecule has 0 spiro atoms. The second-order valence-corrected chi connectivity index (χ2v) is 9.19. The molecule has 2 aromatic rings. The van der Waals surface area contributed by atoms with Crippen LogP contribution in [0.25, 0.3) is 0 Å². The van der Waals surface area contributed by atoms with Crippen LogP contribution in [-0.2, 0) is 11.3 Å². The molecule has 0 radical (unpaired) electrons. The van der Waals surface area contributed by atoms with E-state index in [4.69, 9.17) is 0 Å². The fraction of sp³-hybridized carbons (Fsp3) is 0.560. The van der Waals surface area contributed by atoms with Crippen LogP contribution in [0.1, 0.15) is 49.1 Å². The summed E-state index contributed by atoms with van der Waals surface area (Å²) in [6.45, 7) is 8.98. The molecule has 2 aliphatic heterocycles. The number of likely N-dealkylation sites (tertiary alicyclic amines) is 1. The Labute approximate surface area is 186 Å². The summed E-state index contributed by atoms with van der Waals surface area (Å²) >= 11 is 0. The first-order valence-electron chi connectivity index (χ1n) is 11.7. The Morgan fingerprint density at radius 3 is 2.45 bits per heavy atom. The molecular weight excluding hydrogens is 386 g/mol. The van der Waals surface area contributed by atoms with E-state index < -0.39 is 0 Å². The Morgan fingerprint density at radius 2 is 1.74 bits per heavy atom. The predicted octanol–water partition coefficient (Wildman–Crippen LogP) is 3.48. The first-order valence-corrected chi connectivity index (χ1v) is 11.7. The third-order valence-corrected chi connectivity index (χ3v) is 6.53. The summed E-state index contributed by atoms with van der Waals surface area (Å²) in [7, 11) is 0. The summed E-state index contributed by atoms with van der Waals surface area (Å²) in [5.41, 5.74) is 3.39. The largest absolute Gasteiger partial charge is 0.352 e. The number of rotatable bonds is 7. The van der Waals surface area contributed by atoms with Crippen LogP contribution in [0, 0.1) is 19.8 Å². The van der Waals surface area contributed by atoms with Crippen molar-refractivity contribution >= 4 is 11.9 Å². The summed E-state index contributed by atoms with van der Waals surface area (Å²) < 4.78 is 0. The van der Waals surface area contributed by atoms with Crippen LogP contribution < -0.4 is 10.2 Å². The lowest BCUT2D eigenvalue weighted by atomic mass is 9.92. The number of aryl methyl sites for hydroxylation is 2. The molecule has 2 fully saturated rings. The number of aromatic nitrogens is 2. The van der Waals surface area contributed by atoms with Gasteiger partial charge in [-0.3, -0.25) is 9.69 Å². The van der Waals surface area contributed by atoms with E-state index in [0.717, 1.165) is 75.7 Å². The molecule has 0 bridgehead atoms. The molecule has 1 amide bonds. The number of amides is 1. The fourth-order valence-corrected chi connectivity index (χ4v) is 4.84. The number of nitrogens with one attached hydrogen (secondary N) is 1. The normalized spacial score (nSPS) is 20.2. The number of hydrogen-bond donors (Lipinski definition) is 1. The van der Waals surface area contributed by atoms with Crippen molar-refractivity contribution < 1.29 is 4.79 Å². The van der Waals surface area contributed by atoms with Crippen molar-refractivity contribution in [2.75, 3.05) is 31.1 Å². The van der Waals surface area contributed by atoms with E-state index in [1.165, 1.54) is 5.56 Å². The van der Waals surface area contributed by atoms with Gasteiger partial charge in [-0.2, -0.15) is 0 Å². The Morgan fingerprint density at radius 1 is 1.03 bits per heavy atom. The van der Waals surface area contributed by atoms with E-state index in [0.29, 0.717) is 18.4 Å². The van der Waals surface area contributed by atoms with Gasteiger partial charge in [0.15, 0.2) is 0 Å². The second kappa shape index (κ2) is 10.2. The highest BCUT2D eigenvalue weighted by Gasteiger charge is 2.25. The van der Waals surface area contributed by atoms with E-state index in [1.54, 1.807) is 0 Å². The van der Waals surface area contributed by atoms with Crippen LogP contribution in [0.3, 0.4) is 0 Å². The third kappa shape index (κ3) is 6.26. The first-order chi connectivity index (χ1) is 15.0. The average molecular weight is 422 g/mol. The van der Waals surface area contributed by atoms with Crippen molar-refractivity contribution in [3.8, 4) is 0 Å². The Hall–Kier alpha value is -2.47. The van der Waals surface area contributed by atoms with Crippen molar-refractivity contribution in [2.45, 2.75) is 58.5 Å². The van der Waals surface area contributed by atoms with Crippen LogP contribution >= 0.6 is 0 Å². The molecule has 31 heavy (non-hydrogen) atoms. The van der Waals surface area contributed by atoms with Crippen molar-refractivity contribution in [3.05, 3.63) is 53.3 Å². The minimum absolute atomic E-state index is 0.214. The molecule has 0 aliphatic carbocycles. The van der Waals surface area contributed by atoms with E-state index in [-0.39, 0.29) is 5.91 Å². The summed E-state index contributed by atoms with van der Waals surface area (Å²) in [4.78, 5) is 26.4. The molecule has 1 N–H and O–H groups in total. The van der Waals surface area contributed by atoms with Crippen molar-refractivity contribution in [3.63, 3.8) is 0 Å². The lowest BCUT2D eigenvalue weighted by Crippen LogP contribution is -2.38. The van der Waals surface area contributed by atoms with Crippen LogP contribution in [-0.4, -0.2) is 53.0 Å². The number of carbonyl (C=O) groups is 1. The van der Waals surface area contributed by atoms with Crippen LogP contribution in [0.5, 0.6) is 0 Å². The van der Waals surface area contributed by atoms with Gasteiger partial charge in [0.2, 0.25) is 11.9 Å². The van der Waals surface area contributed by atoms with Gasteiger partial charge in [0.1, 0.15) is 0 Å². The Balaban J connectivity index is 1.15. The van der Waals surface area contributed by atoms with Crippen LogP contribution in [0.15, 0.2) is 36.4 Å². The van der Waals surface area contributed by atoms with Gasteiger partial charge in [0.25, 0.3) is 0 Å². The number of nitrogens with zero attached hydrogens (tertiary/aromatic N) is 4. The van der Waals surface area contributed by atoms with Gasteiger partial charge in [-0.05, 0) is 57.1 Å². The van der Waals surface area contributed by atoms with E-state index in [2.05, 4.69) is 55.4 Å². The number of benzene rings is 1. The topological polar surface area (TPSA) is 61.4 Å². The van der Waals surface area contributed by atoms with Gasteiger partial charge in [-0.15, -0.1) is 0 Å². The molecule has 4 rings (SSSR count). The van der Waals surface area contributed by atoms with Crippen LogP contribution in [0.2, 0.25) is 0 Å². The van der Waals surface area contributed by atoms with Crippen molar-refractivity contribution in [1.29, 1.82) is 0 Å². The molecule has 2 saturated heterocycles. The number of carbonyl (C=O) groups excluding carboxylic acids is 1. The standard InChI is InChI=1S/C25H35N5O/c1-19-16-20(2)27-25(26-19)30-14-10-21(11-15-30)8-9-24(31)28-23-12-13-29(18-23)17-22-6-4-3-5-7-22/h3-7,16,21,23H,8-15,17-18H2,1-2H3,(H,28,31). The summed E-state index contributed by atoms with van der Waals surface area (Å²) in [6, 6.07) is 12.9. The zero-order valence-corrected chi connectivity index (χ0v) is 18.9. The highest BCUT2D eigenvalue weighted by atomic mass is 16.1. The maximum Gasteiger partial charge on any atom is 0.225 e. The molecule has 6 heteroatoms. The highest BCUT2D eigenvalue weighted by Crippen LogP contribution is 2.24. The summed E-state index contributed by atoms with van der Waals surface area (Å²) in [6.07, 6.45) is 4.89. The summed E-state index contributed by atoms with van der Waals surface area (Å²) in [5, 5.41) is 3.27. The molecule has 1 aromatic carbocycles. The first kappa shape index (κ1) is 21.8. The van der Waals surface area contributed by atoms with Gasteiger partial charge < -0.3 is 10.2 Å². The zero-order valence-electron chi connectivity index (χ0n) is 18.9. The average Bonchev–Trinajstić information content (AvgIpc) is 3.19. The number of piperidine rings is 1. The lowest BCUT2D eigenvalue weighted by Gasteiger charge is -2.32. The summed E-state index contributed by atoms with van der Waals surface area (Å²) in [5.74, 6) is 1.69. The maximum atomic E-state index is 12.5. The SMILES string of the molecule is Cc1cc(C)nc(N2CCC(CCC(=O)NC3CCN(Cc4ccccc4)C3)CC2)n1. The second-order valence-electron chi connectivity index (χ2n) is 9.19.